The molecule has 10 heteroatoms. The smallest absolute Gasteiger partial charge is 0.319 e. The Hall–Kier alpha value is -2.53. The lowest BCUT2D eigenvalue weighted by Crippen LogP contribution is -2.49. The molecular formula is C21H26N4O5S. The number of rotatable bonds is 6. The lowest BCUT2D eigenvalue weighted by molar-refractivity contribution is -0.156. The van der Waals surface area contributed by atoms with Gasteiger partial charge in [-0.05, 0) is 55.2 Å². The third-order valence-corrected chi connectivity index (χ3v) is 6.93. The number of fused-ring (bicyclic) bond motifs is 1. The number of urea groups is 1. The Labute approximate surface area is 181 Å². The van der Waals surface area contributed by atoms with Crippen LogP contribution in [0, 0.1) is 0 Å². The van der Waals surface area contributed by atoms with Crippen LogP contribution in [-0.2, 0) is 26.0 Å². The summed E-state index contributed by atoms with van der Waals surface area (Å²) in [6.45, 7) is 1.48. The van der Waals surface area contributed by atoms with Crippen molar-refractivity contribution in [2.75, 3.05) is 18.5 Å². The number of ether oxygens (including phenoxy) is 2. The number of nitrogens with zero attached hydrogens (tertiary/aromatic N) is 1. The van der Waals surface area contributed by atoms with E-state index < -0.39 is 10.0 Å². The molecule has 1 aromatic carbocycles. The number of aromatic nitrogens is 1. The molecule has 2 aliphatic rings. The van der Waals surface area contributed by atoms with E-state index in [1.807, 2.05) is 6.07 Å². The summed E-state index contributed by atoms with van der Waals surface area (Å²) in [5, 5.41) is 5.41. The second kappa shape index (κ2) is 9.73. The third kappa shape index (κ3) is 5.79. The van der Waals surface area contributed by atoms with Crippen molar-refractivity contribution in [2.45, 2.75) is 49.0 Å². The van der Waals surface area contributed by atoms with Crippen LogP contribution in [-0.4, -0.2) is 50.9 Å². The van der Waals surface area contributed by atoms with Gasteiger partial charge in [-0.1, -0.05) is 6.07 Å². The molecule has 2 fully saturated rings. The quantitative estimate of drug-likeness (QED) is 0.625. The van der Waals surface area contributed by atoms with E-state index in [1.54, 1.807) is 30.6 Å². The van der Waals surface area contributed by atoms with E-state index in [0.29, 0.717) is 38.3 Å². The maximum Gasteiger partial charge on any atom is 0.319 e. The molecule has 2 heterocycles. The molecule has 31 heavy (non-hydrogen) atoms. The summed E-state index contributed by atoms with van der Waals surface area (Å²) in [6.07, 6.45) is 5.41. The van der Waals surface area contributed by atoms with Gasteiger partial charge in [0.25, 0.3) is 0 Å². The molecule has 3 unspecified atom stereocenters. The summed E-state index contributed by atoms with van der Waals surface area (Å²) in [4.78, 5) is 16.2. The fourth-order valence-electron chi connectivity index (χ4n) is 3.84. The highest BCUT2D eigenvalue weighted by Gasteiger charge is 2.35. The van der Waals surface area contributed by atoms with E-state index in [0.717, 1.165) is 12.0 Å². The van der Waals surface area contributed by atoms with Crippen molar-refractivity contribution in [2.24, 2.45) is 0 Å². The zero-order valence-corrected chi connectivity index (χ0v) is 17.8. The van der Waals surface area contributed by atoms with Crippen molar-refractivity contribution in [1.29, 1.82) is 0 Å². The SMILES string of the molecule is O=C(NCc1cccnc1)Nc1ccc(S(=O)(=O)NC2CCC3OCCOC3C2)cc1. The van der Waals surface area contributed by atoms with Crippen LogP contribution in [0.3, 0.4) is 0 Å². The Morgan fingerprint density at radius 1 is 1.06 bits per heavy atom. The molecule has 9 nitrogen and oxygen atoms in total. The normalized spacial score (nSPS) is 23.5. The minimum Gasteiger partial charge on any atom is -0.373 e. The molecular weight excluding hydrogens is 420 g/mol. The number of amides is 2. The van der Waals surface area contributed by atoms with Crippen LogP contribution in [0.4, 0.5) is 10.5 Å². The van der Waals surface area contributed by atoms with E-state index in [4.69, 9.17) is 9.47 Å². The third-order valence-electron chi connectivity index (χ3n) is 5.40. The van der Waals surface area contributed by atoms with Gasteiger partial charge < -0.3 is 20.1 Å². The fraction of sp³-hybridized carbons (Fsp3) is 0.429. The first-order valence-corrected chi connectivity index (χ1v) is 11.8. The number of hydrogen-bond acceptors (Lipinski definition) is 6. The van der Waals surface area contributed by atoms with Gasteiger partial charge in [-0.25, -0.2) is 17.9 Å². The standard InChI is InChI=1S/C21H26N4O5S/c26-21(23-14-15-2-1-9-22-13-15)24-16-3-6-18(7-4-16)31(27,28)25-17-5-8-19-20(12-17)30-11-10-29-19/h1-4,6-7,9,13,17,19-20,25H,5,8,10-12,14H2,(H2,23,24,26). The van der Waals surface area contributed by atoms with Gasteiger partial charge >= 0.3 is 6.03 Å². The average Bonchev–Trinajstić information content (AvgIpc) is 2.78. The molecule has 2 aromatic rings. The van der Waals surface area contributed by atoms with Gasteiger partial charge in [0, 0.05) is 30.7 Å². The van der Waals surface area contributed by atoms with E-state index in [2.05, 4.69) is 20.3 Å². The molecule has 0 spiro atoms. The molecule has 1 aliphatic carbocycles. The van der Waals surface area contributed by atoms with Crippen LogP contribution in [0.2, 0.25) is 0 Å². The Morgan fingerprint density at radius 3 is 2.58 bits per heavy atom. The van der Waals surface area contributed by atoms with Gasteiger partial charge in [-0.15, -0.1) is 0 Å². The zero-order valence-electron chi connectivity index (χ0n) is 17.0. The highest BCUT2D eigenvalue weighted by Crippen LogP contribution is 2.28. The van der Waals surface area contributed by atoms with Gasteiger partial charge in [0.1, 0.15) is 0 Å². The van der Waals surface area contributed by atoms with Gasteiger partial charge in [-0.2, -0.15) is 0 Å². The largest absolute Gasteiger partial charge is 0.373 e. The summed E-state index contributed by atoms with van der Waals surface area (Å²) in [5.41, 5.74) is 1.38. The number of carbonyl (C=O) groups is 1. The van der Waals surface area contributed by atoms with E-state index in [-0.39, 0.29) is 29.2 Å². The summed E-state index contributed by atoms with van der Waals surface area (Å²) in [6, 6.07) is 9.16. The Balaban J connectivity index is 1.30. The van der Waals surface area contributed by atoms with E-state index in [1.165, 1.54) is 12.1 Å². The second-order valence-corrected chi connectivity index (χ2v) is 9.36. The molecule has 4 rings (SSSR count). The number of pyridine rings is 1. The Bertz CT molecular complexity index is 985. The maximum absolute atomic E-state index is 12.8. The summed E-state index contributed by atoms with van der Waals surface area (Å²) >= 11 is 0. The monoisotopic (exact) mass is 446 g/mol. The van der Waals surface area contributed by atoms with Crippen LogP contribution in [0.15, 0.2) is 53.7 Å². The van der Waals surface area contributed by atoms with Crippen molar-refractivity contribution >= 4 is 21.7 Å². The first-order chi connectivity index (χ1) is 15.0. The van der Waals surface area contributed by atoms with Crippen LogP contribution in [0.5, 0.6) is 0 Å². The van der Waals surface area contributed by atoms with Crippen LogP contribution < -0.4 is 15.4 Å². The predicted octanol–water partition coefficient (Wildman–Crippen LogP) is 2.02. The minimum absolute atomic E-state index is 0.0594. The predicted molar refractivity (Wildman–Crippen MR) is 114 cm³/mol. The first-order valence-electron chi connectivity index (χ1n) is 10.3. The summed E-state index contributed by atoms with van der Waals surface area (Å²) in [5.74, 6) is 0. The number of hydrogen-bond donors (Lipinski definition) is 3. The molecule has 0 bridgehead atoms. The van der Waals surface area contributed by atoms with Crippen molar-refractivity contribution in [3.05, 3.63) is 54.4 Å². The average molecular weight is 447 g/mol. The molecule has 1 aromatic heterocycles. The van der Waals surface area contributed by atoms with Crippen LogP contribution in [0.1, 0.15) is 24.8 Å². The highest BCUT2D eigenvalue weighted by molar-refractivity contribution is 7.89. The zero-order chi connectivity index (χ0) is 21.7. The summed E-state index contributed by atoms with van der Waals surface area (Å²) < 4.78 is 39.7. The number of sulfonamides is 1. The molecule has 1 aliphatic heterocycles. The van der Waals surface area contributed by atoms with Crippen molar-refractivity contribution in [3.8, 4) is 0 Å². The van der Waals surface area contributed by atoms with Crippen LogP contribution >= 0.6 is 0 Å². The lowest BCUT2D eigenvalue weighted by atomic mass is 9.90. The number of nitrogens with one attached hydrogen (secondary N) is 3. The molecule has 1 saturated heterocycles. The fourth-order valence-corrected chi connectivity index (χ4v) is 5.12. The second-order valence-electron chi connectivity index (χ2n) is 7.64. The van der Waals surface area contributed by atoms with E-state index in [9.17, 15) is 13.2 Å². The molecule has 2 amide bonds. The number of benzene rings is 1. The molecule has 1 saturated carbocycles. The maximum atomic E-state index is 12.8. The van der Waals surface area contributed by atoms with Gasteiger partial charge in [0.15, 0.2) is 0 Å². The number of anilines is 1. The Morgan fingerprint density at radius 2 is 1.84 bits per heavy atom. The number of carbonyl (C=O) groups excluding carboxylic acids is 1. The topological polar surface area (TPSA) is 119 Å². The van der Waals surface area contributed by atoms with Crippen LogP contribution in [0.25, 0.3) is 0 Å². The molecule has 3 atom stereocenters. The van der Waals surface area contributed by atoms with Crippen molar-refractivity contribution in [1.82, 2.24) is 15.0 Å². The first kappa shape index (κ1) is 21.7. The molecule has 3 N–H and O–H groups in total. The highest BCUT2D eigenvalue weighted by atomic mass is 32.2. The van der Waals surface area contributed by atoms with Gasteiger partial charge in [0.2, 0.25) is 10.0 Å². The van der Waals surface area contributed by atoms with Crippen molar-refractivity contribution < 1.29 is 22.7 Å². The van der Waals surface area contributed by atoms with E-state index >= 15 is 0 Å². The Kier molecular flexibility index (Phi) is 6.81. The molecule has 166 valence electrons. The summed E-state index contributed by atoms with van der Waals surface area (Å²) in [7, 11) is -3.67. The molecule has 0 radical (unpaired) electrons. The minimum atomic E-state index is -3.67. The van der Waals surface area contributed by atoms with Crippen molar-refractivity contribution in [3.63, 3.8) is 0 Å². The van der Waals surface area contributed by atoms with Gasteiger partial charge in [0.05, 0.1) is 30.3 Å². The lowest BCUT2D eigenvalue weighted by Gasteiger charge is -2.38. The van der Waals surface area contributed by atoms with Gasteiger partial charge in [-0.3, -0.25) is 4.98 Å².